The van der Waals surface area contributed by atoms with Crippen LogP contribution in [0.2, 0.25) is 0 Å². The first-order valence-corrected chi connectivity index (χ1v) is 6.69. The summed E-state index contributed by atoms with van der Waals surface area (Å²) in [5, 5.41) is 11.2. The number of nitrogens with one attached hydrogen (secondary N) is 1. The Balaban J connectivity index is 2.08. The molecule has 0 spiro atoms. The van der Waals surface area contributed by atoms with Gasteiger partial charge < -0.3 is 10.2 Å². The second kappa shape index (κ2) is 6.65. The number of para-hydroxylation sites is 1. The fourth-order valence-electron chi connectivity index (χ4n) is 1.86. The molecule has 0 radical (unpaired) electrons. The number of amides is 1. The predicted octanol–water partition coefficient (Wildman–Crippen LogP) is 2.70. The number of hydrogen-bond acceptors (Lipinski definition) is 4. The normalized spacial score (nSPS) is 10.1. The number of aromatic nitrogens is 2. The van der Waals surface area contributed by atoms with Crippen LogP contribution in [0.4, 0.5) is 11.5 Å². The summed E-state index contributed by atoms with van der Waals surface area (Å²) in [6.45, 7) is 5.22. The van der Waals surface area contributed by atoms with E-state index in [-0.39, 0.29) is 5.91 Å². The van der Waals surface area contributed by atoms with Crippen molar-refractivity contribution in [1.82, 2.24) is 15.1 Å². The molecule has 2 aromatic rings. The lowest BCUT2D eigenvalue weighted by atomic mass is 10.3. The second-order valence-corrected chi connectivity index (χ2v) is 4.27. The van der Waals surface area contributed by atoms with Crippen LogP contribution in [-0.2, 0) is 0 Å². The highest BCUT2D eigenvalue weighted by molar-refractivity contribution is 5.92. The molecule has 0 fully saturated rings. The highest BCUT2D eigenvalue weighted by atomic mass is 16.2. The van der Waals surface area contributed by atoms with E-state index in [1.54, 1.807) is 17.0 Å². The van der Waals surface area contributed by atoms with E-state index in [0.29, 0.717) is 24.6 Å². The second-order valence-electron chi connectivity index (χ2n) is 4.27. The zero-order valence-electron chi connectivity index (χ0n) is 11.7. The van der Waals surface area contributed by atoms with Crippen LogP contribution in [0.25, 0.3) is 0 Å². The van der Waals surface area contributed by atoms with E-state index in [0.717, 1.165) is 5.69 Å². The number of nitrogens with zero attached hydrogens (tertiary/aromatic N) is 3. The average Bonchev–Trinajstić information content (AvgIpc) is 2.50. The van der Waals surface area contributed by atoms with Crippen molar-refractivity contribution in [3.63, 3.8) is 0 Å². The van der Waals surface area contributed by atoms with Gasteiger partial charge in [0.05, 0.1) is 0 Å². The molecule has 104 valence electrons. The molecule has 5 nitrogen and oxygen atoms in total. The monoisotopic (exact) mass is 270 g/mol. The van der Waals surface area contributed by atoms with E-state index in [9.17, 15) is 4.79 Å². The van der Waals surface area contributed by atoms with Crippen LogP contribution in [0.3, 0.4) is 0 Å². The molecular formula is C15H18N4O. The molecule has 0 aliphatic heterocycles. The first kappa shape index (κ1) is 14.0. The molecule has 1 aromatic heterocycles. The van der Waals surface area contributed by atoms with Crippen molar-refractivity contribution in [2.24, 2.45) is 0 Å². The van der Waals surface area contributed by atoms with E-state index in [1.807, 2.05) is 44.2 Å². The van der Waals surface area contributed by atoms with Gasteiger partial charge >= 0.3 is 0 Å². The SMILES string of the molecule is CCN(CC)C(=O)c1ccc(Nc2ccccc2)nn1. The van der Waals surface area contributed by atoms with Crippen LogP contribution in [0.15, 0.2) is 42.5 Å². The molecule has 5 heteroatoms. The van der Waals surface area contributed by atoms with Gasteiger partial charge in [0.2, 0.25) is 0 Å². The lowest BCUT2D eigenvalue weighted by Gasteiger charge is -2.17. The van der Waals surface area contributed by atoms with Gasteiger partial charge in [0.1, 0.15) is 0 Å². The van der Waals surface area contributed by atoms with E-state index in [1.165, 1.54) is 0 Å². The van der Waals surface area contributed by atoms with E-state index in [2.05, 4.69) is 15.5 Å². The first-order chi connectivity index (χ1) is 9.74. The minimum atomic E-state index is -0.0891. The Morgan fingerprint density at radius 3 is 2.30 bits per heavy atom. The van der Waals surface area contributed by atoms with Crippen molar-refractivity contribution in [3.8, 4) is 0 Å². The first-order valence-electron chi connectivity index (χ1n) is 6.69. The molecule has 1 N–H and O–H groups in total. The lowest BCUT2D eigenvalue weighted by molar-refractivity contribution is 0.0766. The highest BCUT2D eigenvalue weighted by Crippen LogP contribution is 2.13. The maximum Gasteiger partial charge on any atom is 0.274 e. The molecule has 0 saturated heterocycles. The third-order valence-corrected chi connectivity index (χ3v) is 2.98. The van der Waals surface area contributed by atoms with Gasteiger partial charge in [-0.1, -0.05) is 18.2 Å². The number of carbonyl (C=O) groups excluding carboxylic acids is 1. The van der Waals surface area contributed by atoms with Gasteiger partial charge in [-0.3, -0.25) is 4.79 Å². The summed E-state index contributed by atoms with van der Waals surface area (Å²) >= 11 is 0. The van der Waals surface area contributed by atoms with E-state index < -0.39 is 0 Å². The molecule has 20 heavy (non-hydrogen) atoms. The maximum absolute atomic E-state index is 12.1. The van der Waals surface area contributed by atoms with Crippen LogP contribution in [-0.4, -0.2) is 34.1 Å². The van der Waals surface area contributed by atoms with E-state index >= 15 is 0 Å². The maximum atomic E-state index is 12.1. The van der Waals surface area contributed by atoms with Gasteiger partial charge in [0, 0.05) is 18.8 Å². The molecule has 0 atom stereocenters. The van der Waals surface area contributed by atoms with Crippen molar-refractivity contribution >= 4 is 17.4 Å². The molecule has 0 aliphatic carbocycles. The van der Waals surface area contributed by atoms with Crippen molar-refractivity contribution in [1.29, 1.82) is 0 Å². The molecule has 0 saturated carbocycles. The quantitative estimate of drug-likeness (QED) is 0.907. The van der Waals surface area contributed by atoms with Crippen LogP contribution < -0.4 is 5.32 Å². The standard InChI is InChI=1S/C15H18N4O/c1-3-19(4-2)15(20)13-10-11-14(18-17-13)16-12-8-6-5-7-9-12/h5-11H,3-4H2,1-2H3,(H,16,18). The molecule has 1 heterocycles. The minimum absolute atomic E-state index is 0.0891. The van der Waals surface area contributed by atoms with Crippen LogP contribution in [0.5, 0.6) is 0 Å². The Hall–Kier alpha value is -2.43. The number of benzene rings is 1. The Morgan fingerprint density at radius 2 is 1.75 bits per heavy atom. The average molecular weight is 270 g/mol. The lowest BCUT2D eigenvalue weighted by Crippen LogP contribution is -2.31. The van der Waals surface area contributed by atoms with Gasteiger partial charge in [-0.25, -0.2) is 0 Å². The van der Waals surface area contributed by atoms with Gasteiger partial charge in [0.15, 0.2) is 11.5 Å². The van der Waals surface area contributed by atoms with E-state index in [4.69, 9.17) is 0 Å². The van der Waals surface area contributed by atoms with Crippen molar-refractivity contribution in [2.45, 2.75) is 13.8 Å². The third-order valence-electron chi connectivity index (χ3n) is 2.98. The van der Waals surface area contributed by atoms with Crippen LogP contribution in [0, 0.1) is 0 Å². The summed E-state index contributed by atoms with van der Waals surface area (Å²) in [6.07, 6.45) is 0. The minimum Gasteiger partial charge on any atom is -0.339 e. The number of hydrogen-bond donors (Lipinski definition) is 1. The Labute approximate surface area is 118 Å². The zero-order valence-corrected chi connectivity index (χ0v) is 11.7. The van der Waals surface area contributed by atoms with Crippen LogP contribution in [0.1, 0.15) is 24.3 Å². The van der Waals surface area contributed by atoms with Gasteiger partial charge in [-0.15, -0.1) is 10.2 Å². The zero-order chi connectivity index (χ0) is 14.4. The molecule has 0 bridgehead atoms. The Morgan fingerprint density at radius 1 is 1.05 bits per heavy atom. The number of anilines is 2. The van der Waals surface area contributed by atoms with Crippen molar-refractivity contribution in [2.75, 3.05) is 18.4 Å². The molecule has 0 unspecified atom stereocenters. The summed E-state index contributed by atoms with van der Waals surface area (Å²) < 4.78 is 0. The molecule has 2 rings (SSSR count). The summed E-state index contributed by atoms with van der Waals surface area (Å²) in [4.78, 5) is 13.8. The van der Waals surface area contributed by atoms with Gasteiger partial charge in [-0.2, -0.15) is 0 Å². The van der Waals surface area contributed by atoms with Gasteiger partial charge in [0.25, 0.3) is 5.91 Å². The summed E-state index contributed by atoms with van der Waals surface area (Å²) in [5.41, 5.74) is 1.30. The summed E-state index contributed by atoms with van der Waals surface area (Å²) in [6, 6.07) is 13.2. The molecule has 1 amide bonds. The smallest absolute Gasteiger partial charge is 0.274 e. The molecule has 1 aromatic carbocycles. The fraction of sp³-hybridized carbons (Fsp3) is 0.267. The Bertz CT molecular complexity index is 550. The fourth-order valence-corrected chi connectivity index (χ4v) is 1.86. The highest BCUT2D eigenvalue weighted by Gasteiger charge is 2.14. The predicted molar refractivity (Wildman–Crippen MR) is 79.0 cm³/mol. The number of carbonyl (C=O) groups is 1. The summed E-state index contributed by atoms with van der Waals surface area (Å²) in [5.74, 6) is 0.529. The topological polar surface area (TPSA) is 58.1 Å². The molecule has 0 aliphatic rings. The Kier molecular flexibility index (Phi) is 4.65. The van der Waals surface area contributed by atoms with Gasteiger partial charge in [-0.05, 0) is 38.1 Å². The van der Waals surface area contributed by atoms with Crippen LogP contribution >= 0.6 is 0 Å². The number of rotatable bonds is 5. The molecular weight excluding hydrogens is 252 g/mol. The summed E-state index contributed by atoms with van der Waals surface area (Å²) in [7, 11) is 0. The third kappa shape index (κ3) is 3.32. The van der Waals surface area contributed by atoms with Crippen molar-refractivity contribution < 1.29 is 4.79 Å². The van der Waals surface area contributed by atoms with Crippen molar-refractivity contribution in [3.05, 3.63) is 48.2 Å². The largest absolute Gasteiger partial charge is 0.339 e.